The first-order valence-corrected chi connectivity index (χ1v) is 6.59. The van der Waals surface area contributed by atoms with E-state index in [0.717, 1.165) is 12.8 Å². The molecular weight excluding hydrogens is 234 g/mol. The molecule has 0 radical (unpaired) electrons. The molecule has 2 N–H and O–H groups in total. The predicted molar refractivity (Wildman–Crippen MR) is 67.1 cm³/mol. The van der Waals surface area contributed by atoms with E-state index in [1.165, 1.54) is 0 Å². The molecular formula is C13H23NO4. The van der Waals surface area contributed by atoms with E-state index in [2.05, 4.69) is 5.32 Å². The van der Waals surface area contributed by atoms with Crippen LogP contribution < -0.4 is 5.32 Å². The minimum atomic E-state index is -0.837. The van der Waals surface area contributed by atoms with Crippen LogP contribution in [0.25, 0.3) is 0 Å². The lowest BCUT2D eigenvalue weighted by molar-refractivity contribution is -0.142. The maximum atomic E-state index is 11.9. The van der Waals surface area contributed by atoms with Gasteiger partial charge in [0.05, 0.1) is 5.92 Å². The largest absolute Gasteiger partial charge is 0.481 e. The van der Waals surface area contributed by atoms with Gasteiger partial charge in [-0.2, -0.15) is 0 Å². The number of carbonyl (C=O) groups is 2. The van der Waals surface area contributed by atoms with Crippen LogP contribution in [0.2, 0.25) is 0 Å². The molecule has 1 amide bonds. The molecule has 0 saturated carbocycles. The molecule has 1 saturated heterocycles. The highest BCUT2D eigenvalue weighted by Crippen LogP contribution is 2.15. The summed E-state index contributed by atoms with van der Waals surface area (Å²) in [7, 11) is 0. The summed E-state index contributed by atoms with van der Waals surface area (Å²) >= 11 is 0. The lowest BCUT2D eigenvalue weighted by Gasteiger charge is -2.22. The molecule has 0 aromatic heterocycles. The third kappa shape index (κ3) is 5.04. The molecule has 1 aliphatic heterocycles. The number of aliphatic carboxylic acids is 1. The number of rotatable bonds is 6. The fourth-order valence-corrected chi connectivity index (χ4v) is 2.17. The Morgan fingerprint density at radius 3 is 2.44 bits per heavy atom. The zero-order valence-electron chi connectivity index (χ0n) is 11.1. The van der Waals surface area contributed by atoms with Crippen LogP contribution in [0.3, 0.4) is 0 Å². The van der Waals surface area contributed by atoms with Gasteiger partial charge in [0, 0.05) is 25.7 Å². The van der Waals surface area contributed by atoms with Gasteiger partial charge in [0.15, 0.2) is 0 Å². The molecule has 1 fully saturated rings. The molecule has 0 aliphatic carbocycles. The van der Waals surface area contributed by atoms with Gasteiger partial charge in [-0.25, -0.2) is 0 Å². The normalized spacial score (nSPS) is 18.6. The maximum absolute atomic E-state index is 11.9. The molecule has 0 aromatic rings. The van der Waals surface area contributed by atoms with Crippen LogP contribution in [0.5, 0.6) is 0 Å². The van der Waals surface area contributed by atoms with Crippen molar-refractivity contribution in [2.75, 3.05) is 19.8 Å². The molecule has 18 heavy (non-hydrogen) atoms. The topological polar surface area (TPSA) is 75.6 Å². The molecule has 0 bridgehead atoms. The Balaban J connectivity index is 2.36. The van der Waals surface area contributed by atoms with E-state index >= 15 is 0 Å². The smallest absolute Gasteiger partial charge is 0.308 e. The van der Waals surface area contributed by atoms with Crippen molar-refractivity contribution in [1.29, 1.82) is 0 Å². The second-order valence-corrected chi connectivity index (χ2v) is 5.30. The van der Waals surface area contributed by atoms with Crippen LogP contribution in [-0.4, -0.2) is 36.7 Å². The van der Waals surface area contributed by atoms with Gasteiger partial charge in [-0.15, -0.1) is 0 Å². The van der Waals surface area contributed by atoms with Crippen molar-refractivity contribution in [3.63, 3.8) is 0 Å². The predicted octanol–water partition coefficient (Wildman–Crippen LogP) is 1.28. The van der Waals surface area contributed by atoms with Crippen molar-refractivity contribution in [2.45, 2.75) is 33.1 Å². The summed E-state index contributed by atoms with van der Waals surface area (Å²) in [5.41, 5.74) is 0. The van der Waals surface area contributed by atoms with Crippen LogP contribution in [0, 0.1) is 17.8 Å². The van der Waals surface area contributed by atoms with Gasteiger partial charge in [-0.3, -0.25) is 9.59 Å². The SMILES string of the molecule is CC(C)CC(CNC(=O)C1CCOCC1)C(=O)O. The number of carboxylic acid groups (broad SMARTS) is 1. The van der Waals surface area contributed by atoms with Crippen molar-refractivity contribution in [3.05, 3.63) is 0 Å². The molecule has 1 atom stereocenters. The first-order valence-electron chi connectivity index (χ1n) is 6.59. The third-order valence-corrected chi connectivity index (χ3v) is 3.22. The molecule has 1 aliphatic rings. The lowest BCUT2D eigenvalue weighted by Crippen LogP contribution is -2.39. The summed E-state index contributed by atoms with van der Waals surface area (Å²) in [6.07, 6.45) is 2.05. The Morgan fingerprint density at radius 2 is 1.94 bits per heavy atom. The minimum Gasteiger partial charge on any atom is -0.481 e. The molecule has 1 unspecified atom stereocenters. The van der Waals surface area contributed by atoms with Gasteiger partial charge in [0.1, 0.15) is 0 Å². The van der Waals surface area contributed by atoms with Crippen molar-refractivity contribution >= 4 is 11.9 Å². The van der Waals surface area contributed by atoms with Gasteiger partial charge < -0.3 is 15.2 Å². The summed E-state index contributed by atoms with van der Waals surface area (Å²) in [5.74, 6) is -1.07. The first-order chi connectivity index (χ1) is 8.50. The minimum absolute atomic E-state index is 0.0211. The quantitative estimate of drug-likeness (QED) is 0.751. The van der Waals surface area contributed by atoms with E-state index in [1.807, 2.05) is 13.8 Å². The number of nitrogens with one attached hydrogen (secondary N) is 1. The van der Waals surface area contributed by atoms with Gasteiger partial charge in [-0.05, 0) is 25.2 Å². The zero-order chi connectivity index (χ0) is 13.5. The van der Waals surface area contributed by atoms with E-state index in [1.54, 1.807) is 0 Å². The zero-order valence-corrected chi connectivity index (χ0v) is 11.1. The summed E-state index contributed by atoms with van der Waals surface area (Å²) in [5, 5.41) is 11.8. The van der Waals surface area contributed by atoms with Crippen LogP contribution in [0.1, 0.15) is 33.1 Å². The number of carboxylic acids is 1. The number of ether oxygens (including phenoxy) is 1. The van der Waals surface area contributed by atoms with Crippen molar-refractivity contribution in [1.82, 2.24) is 5.32 Å². The van der Waals surface area contributed by atoms with Gasteiger partial charge in [0.25, 0.3) is 0 Å². The summed E-state index contributed by atoms with van der Waals surface area (Å²) in [6.45, 7) is 5.43. The van der Waals surface area contributed by atoms with Crippen LogP contribution >= 0.6 is 0 Å². The van der Waals surface area contributed by atoms with Gasteiger partial charge in [0.2, 0.25) is 5.91 Å². The van der Waals surface area contributed by atoms with Crippen molar-refractivity contribution in [2.24, 2.45) is 17.8 Å². The van der Waals surface area contributed by atoms with Crippen LogP contribution in [-0.2, 0) is 14.3 Å². The number of hydrogen-bond donors (Lipinski definition) is 2. The highest BCUT2D eigenvalue weighted by atomic mass is 16.5. The van der Waals surface area contributed by atoms with E-state index in [4.69, 9.17) is 9.84 Å². The van der Waals surface area contributed by atoms with Crippen LogP contribution in [0.15, 0.2) is 0 Å². The summed E-state index contributed by atoms with van der Waals surface area (Å²) in [4.78, 5) is 22.9. The second-order valence-electron chi connectivity index (χ2n) is 5.30. The standard InChI is InChI=1S/C13H23NO4/c1-9(2)7-11(13(16)17)8-14-12(15)10-3-5-18-6-4-10/h9-11H,3-8H2,1-2H3,(H,14,15)(H,16,17). The number of hydrogen-bond acceptors (Lipinski definition) is 3. The van der Waals surface area contributed by atoms with E-state index in [9.17, 15) is 9.59 Å². The fourth-order valence-electron chi connectivity index (χ4n) is 2.17. The first kappa shape index (κ1) is 15.0. The molecule has 0 spiro atoms. The summed E-state index contributed by atoms with van der Waals surface area (Å²) in [6, 6.07) is 0. The highest BCUT2D eigenvalue weighted by molar-refractivity contribution is 5.79. The lowest BCUT2D eigenvalue weighted by atomic mass is 9.96. The maximum Gasteiger partial charge on any atom is 0.308 e. The van der Waals surface area contributed by atoms with E-state index in [-0.39, 0.29) is 18.4 Å². The highest BCUT2D eigenvalue weighted by Gasteiger charge is 2.24. The van der Waals surface area contributed by atoms with Gasteiger partial charge in [-0.1, -0.05) is 13.8 Å². The average Bonchev–Trinajstić information content (AvgIpc) is 2.34. The number of carbonyl (C=O) groups excluding carboxylic acids is 1. The molecule has 0 aromatic carbocycles. The monoisotopic (exact) mass is 257 g/mol. The Kier molecular flexibility index (Phi) is 6.12. The third-order valence-electron chi connectivity index (χ3n) is 3.22. The summed E-state index contributed by atoms with van der Waals surface area (Å²) < 4.78 is 5.19. The Morgan fingerprint density at radius 1 is 1.33 bits per heavy atom. The Hall–Kier alpha value is -1.10. The van der Waals surface area contributed by atoms with Gasteiger partial charge >= 0.3 is 5.97 Å². The molecule has 1 heterocycles. The molecule has 5 heteroatoms. The second kappa shape index (κ2) is 7.36. The number of amides is 1. The van der Waals surface area contributed by atoms with E-state index < -0.39 is 11.9 Å². The van der Waals surface area contributed by atoms with Crippen molar-refractivity contribution < 1.29 is 19.4 Å². The molecule has 5 nitrogen and oxygen atoms in total. The fraction of sp³-hybridized carbons (Fsp3) is 0.846. The van der Waals surface area contributed by atoms with Crippen molar-refractivity contribution in [3.8, 4) is 0 Å². The van der Waals surface area contributed by atoms with E-state index in [0.29, 0.717) is 25.6 Å². The molecule has 104 valence electrons. The van der Waals surface area contributed by atoms with Crippen LogP contribution in [0.4, 0.5) is 0 Å². The Labute approximate surface area is 108 Å². The Bertz CT molecular complexity index is 285. The average molecular weight is 257 g/mol. The molecule has 1 rings (SSSR count).